The molecular weight excluding hydrogens is 282 g/mol. The van der Waals surface area contributed by atoms with Crippen LogP contribution in [-0.2, 0) is 10.0 Å². The van der Waals surface area contributed by atoms with Crippen molar-refractivity contribution >= 4 is 15.7 Å². The second-order valence-electron chi connectivity index (χ2n) is 3.66. The normalized spacial score (nSPS) is 13.5. The number of benzene rings is 1. The fraction of sp³-hybridized carbons (Fsp3) is 0.400. The van der Waals surface area contributed by atoms with Crippen molar-refractivity contribution in [3.63, 3.8) is 0 Å². The van der Waals surface area contributed by atoms with Gasteiger partial charge in [0.05, 0.1) is 7.11 Å². The number of hydrogen-bond donors (Lipinski definition) is 3. The lowest BCUT2D eigenvalue weighted by atomic mass is 10.3. The van der Waals surface area contributed by atoms with E-state index < -0.39 is 29.1 Å². The number of sulfonamides is 1. The summed E-state index contributed by atoms with van der Waals surface area (Å²) in [5.74, 6) is -0.0148. The first-order valence-electron chi connectivity index (χ1n) is 5.17. The maximum absolute atomic E-state index is 12.1. The van der Waals surface area contributed by atoms with Gasteiger partial charge in [-0.05, 0) is 12.1 Å². The van der Waals surface area contributed by atoms with E-state index in [1.807, 2.05) is 4.72 Å². The van der Waals surface area contributed by atoms with Crippen molar-refractivity contribution in [2.24, 2.45) is 0 Å². The van der Waals surface area contributed by atoms with Gasteiger partial charge in [-0.25, -0.2) is 21.9 Å². The molecule has 0 fully saturated rings. The van der Waals surface area contributed by atoms with Gasteiger partial charge in [-0.2, -0.15) is 0 Å². The Labute approximate surface area is 109 Å². The van der Waals surface area contributed by atoms with Crippen molar-refractivity contribution in [1.82, 2.24) is 4.72 Å². The van der Waals surface area contributed by atoms with Gasteiger partial charge in [0.2, 0.25) is 10.0 Å². The third-order valence-electron chi connectivity index (χ3n) is 2.25. The largest absolute Gasteiger partial charge is 0.495 e. The lowest BCUT2D eigenvalue weighted by Crippen LogP contribution is -2.35. The Morgan fingerprint density at radius 1 is 1.47 bits per heavy atom. The van der Waals surface area contributed by atoms with Crippen molar-refractivity contribution < 1.29 is 27.0 Å². The summed E-state index contributed by atoms with van der Waals surface area (Å²) in [4.78, 5) is -0.245. The Kier molecular flexibility index (Phi) is 5.04. The summed E-state index contributed by atoms with van der Waals surface area (Å²) in [5.41, 5.74) is 5.77. The molecule has 6 nitrogen and oxygen atoms in total. The molecule has 0 bridgehead atoms. The van der Waals surface area contributed by atoms with Gasteiger partial charge < -0.3 is 15.6 Å². The van der Waals surface area contributed by atoms with Crippen LogP contribution in [0, 0.1) is 0 Å². The molecule has 9 heteroatoms. The van der Waals surface area contributed by atoms with Crippen LogP contribution in [0.3, 0.4) is 0 Å². The van der Waals surface area contributed by atoms with E-state index in [1.165, 1.54) is 25.3 Å². The van der Waals surface area contributed by atoms with Crippen LogP contribution in [0.25, 0.3) is 0 Å². The Morgan fingerprint density at radius 2 is 2.11 bits per heavy atom. The van der Waals surface area contributed by atoms with Gasteiger partial charge in [0, 0.05) is 18.3 Å². The number of methoxy groups -OCH3 is 1. The molecule has 0 amide bonds. The SMILES string of the molecule is COc1cc(N)ccc1S(=O)(=O)NCC(O)C(F)F. The first-order chi connectivity index (χ1) is 8.77. The zero-order valence-corrected chi connectivity index (χ0v) is 10.8. The highest BCUT2D eigenvalue weighted by molar-refractivity contribution is 7.89. The molecule has 0 aliphatic heterocycles. The van der Waals surface area contributed by atoms with E-state index in [0.717, 1.165) is 0 Å². The number of rotatable bonds is 6. The number of nitrogens with one attached hydrogen (secondary N) is 1. The van der Waals surface area contributed by atoms with E-state index in [2.05, 4.69) is 0 Å². The molecule has 0 saturated carbocycles. The minimum absolute atomic E-state index is 0.0148. The Bertz CT molecular complexity index is 536. The number of aliphatic hydroxyl groups excluding tert-OH is 1. The minimum atomic E-state index is -4.07. The third-order valence-corrected chi connectivity index (χ3v) is 3.71. The monoisotopic (exact) mass is 296 g/mol. The lowest BCUT2D eigenvalue weighted by molar-refractivity contribution is -0.000454. The summed E-state index contributed by atoms with van der Waals surface area (Å²) >= 11 is 0. The molecular formula is C10H14F2N2O4S. The van der Waals surface area contributed by atoms with E-state index in [1.54, 1.807) is 0 Å². The summed E-state index contributed by atoms with van der Waals surface area (Å²) in [6.07, 6.45) is -5.11. The van der Waals surface area contributed by atoms with Crippen molar-refractivity contribution in [3.05, 3.63) is 18.2 Å². The summed E-state index contributed by atoms with van der Waals surface area (Å²) in [7, 11) is -2.82. The number of halogens is 2. The van der Waals surface area contributed by atoms with E-state index in [9.17, 15) is 17.2 Å². The van der Waals surface area contributed by atoms with Crippen molar-refractivity contribution in [2.75, 3.05) is 19.4 Å². The smallest absolute Gasteiger partial charge is 0.265 e. The predicted octanol–water partition coefficient (Wildman–Crippen LogP) is 0.182. The zero-order valence-electron chi connectivity index (χ0n) is 10.0. The summed E-state index contributed by atoms with van der Waals surface area (Å²) < 4.78 is 54.6. The molecule has 0 aliphatic carbocycles. The van der Waals surface area contributed by atoms with Gasteiger partial charge in [0.15, 0.2) is 0 Å². The molecule has 0 spiro atoms. The van der Waals surface area contributed by atoms with Gasteiger partial charge in [-0.3, -0.25) is 0 Å². The van der Waals surface area contributed by atoms with Gasteiger partial charge >= 0.3 is 0 Å². The number of anilines is 1. The van der Waals surface area contributed by atoms with Gasteiger partial charge in [0.25, 0.3) is 6.43 Å². The second kappa shape index (κ2) is 6.13. The average Bonchev–Trinajstić information content (AvgIpc) is 2.35. The van der Waals surface area contributed by atoms with Crippen LogP contribution in [0.15, 0.2) is 23.1 Å². The molecule has 19 heavy (non-hydrogen) atoms. The Balaban J connectivity index is 2.95. The first kappa shape index (κ1) is 15.6. The molecule has 108 valence electrons. The fourth-order valence-corrected chi connectivity index (χ4v) is 2.47. The molecule has 1 unspecified atom stereocenters. The molecule has 0 radical (unpaired) electrons. The maximum Gasteiger partial charge on any atom is 0.265 e. The number of ether oxygens (including phenoxy) is 1. The molecule has 4 N–H and O–H groups in total. The highest BCUT2D eigenvalue weighted by atomic mass is 32.2. The van der Waals surface area contributed by atoms with Crippen LogP contribution in [-0.4, -0.2) is 39.7 Å². The Hall–Kier alpha value is -1.45. The van der Waals surface area contributed by atoms with Crippen molar-refractivity contribution in [2.45, 2.75) is 17.4 Å². The van der Waals surface area contributed by atoms with Crippen molar-refractivity contribution in [1.29, 1.82) is 0 Å². The van der Waals surface area contributed by atoms with Crippen LogP contribution in [0.5, 0.6) is 5.75 Å². The van der Waals surface area contributed by atoms with E-state index in [0.29, 0.717) is 5.69 Å². The number of hydrogen-bond acceptors (Lipinski definition) is 5. The number of nitrogen functional groups attached to an aromatic ring is 1. The average molecular weight is 296 g/mol. The molecule has 1 atom stereocenters. The summed E-state index contributed by atoms with van der Waals surface area (Å²) in [6, 6.07) is 3.81. The zero-order chi connectivity index (χ0) is 14.6. The standard InChI is InChI=1S/C10H14F2N2O4S/c1-18-8-4-6(13)2-3-9(8)19(16,17)14-5-7(15)10(11)12/h2-4,7,10,14-15H,5,13H2,1H3. The fourth-order valence-electron chi connectivity index (χ4n) is 1.27. The molecule has 1 aromatic rings. The number of alkyl halides is 2. The molecule has 0 aromatic heterocycles. The number of aliphatic hydroxyl groups is 1. The second-order valence-corrected chi connectivity index (χ2v) is 5.40. The van der Waals surface area contributed by atoms with Crippen LogP contribution in [0.1, 0.15) is 0 Å². The first-order valence-corrected chi connectivity index (χ1v) is 6.65. The maximum atomic E-state index is 12.1. The lowest BCUT2D eigenvalue weighted by Gasteiger charge is -2.13. The van der Waals surface area contributed by atoms with E-state index in [-0.39, 0.29) is 10.6 Å². The minimum Gasteiger partial charge on any atom is -0.495 e. The topological polar surface area (TPSA) is 102 Å². The predicted molar refractivity (Wildman–Crippen MR) is 64.6 cm³/mol. The molecule has 0 saturated heterocycles. The van der Waals surface area contributed by atoms with E-state index in [4.69, 9.17) is 15.6 Å². The molecule has 0 heterocycles. The highest BCUT2D eigenvalue weighted by Crippen LogP contribution is 2.25. The van der Waals surface area contributed by atoms with Gasteiger partial charge in [0.1, 0.15) is 16.7 Å². The quantitative estimate of drug-likeness (QED) is 0.650. The summed E-state index contributed by atoms with van der Waals surface area (Å²) in [6.45, 7) is -0.798. The molecule has 0 aliphatic rings. The Morgan fingerprint density at radius 3 is 2.63 bits per heavy atom. The number of nitrogens with two attached hydrogens (primary N) is 1. The van der Waals surface area contributed by atoms with Crippen LogP contribution in [0.4, 0.5) is 14.5 Å². The van der Waals surface area contributed by atoms with Crippen LogP contribution in [0.2, 0.25) is 0 Å². The summed E-state index contributed by atoms with van der Waals surface area (Å²) in [5, 5.41) is 8.88. The van der Waals surface area contributed by atoms with Crippen LogP contribution >= 0.6 is 0 Å². The molecule has 1 rings (SSSR count). The third kappa shape index (κ3) is 4.01. The van der Waals surface area contributed by atoms with E-state index >= 15 is 0 Å². The van der Waals surface area contributed by atoms with Crippen LogP contribution < -0.4 is 15.2 Å². The van der Waals surface area contributed by atoms with Gasteiger partial charge in [-0.15, -0.1) is 0 Å². The van der Waals surface area contributed by atoms with Gasteiger partial charge in [-0.1, -0.05) is 0 Å². The highest BCUT2D eigenvalue weighted by Gasteiger charge is 2.23. The molecule has 1 aromatic carbocycles. The van der Waals surface area contributed by atoms with Crippen molar-refractivity contribution in [3.8, 4) is 5.75 Å².